The maximum Gasteiger partial charge on any atom is 0.191 e. The van der Waals surface area contributed by atoms with Crippen LogP contribution in [0.1, 0.15) is 36.4 Å². The molecule has 0 bridgehead atoms. The first-order valence-corrected chi connectivity index (χ1v) is 8.93. The van der Waals surface area contributed by atoms with Gasteiger partial charge in [0.15, 0.2) is 5.96 Å². The third kappa shape index (κ3) is 5.34. The van der Waals surface area contributed by atoms with Gasteiger partial charge in [-0.2, -0.15) is 10.2 Å². The summed E-state index contributed by atoms with van der Waals surface area (Å²) >= 11 is 0. The lowest BCUT2D eigenvalue weighted by Crippen LogP contribution is -2.43. The summed E-state index contributed by atoms with van der Waals surface area (Å²) < 4.78 is 3.87. The maximum atomic E-state index is 4.66. The van der Waals surface area contributed by atoms with E-state index in [2.05, 4.69) is 53.5 Å². The van der Waals surface area contributed by atoms with Gasteiger partial charge in [0.2, 0.25) is 0 Å². The fourth-order valence-corrected chi connectivity index (χ4v) is 2.88. The molecule has 7 heteroatoms. The van der Waals surface area contributed by atoms with Crippen LogP contribution in [0.5, 0.6) is 0 Å². The smallest absolute Gasteiger partial charge is 0.191 e. The van der Waals surface area contributed by atoms with Gasteiger partial charge >= 0.3 is 0 Å². The van der Waals surface area contributed by atoms with Crippen molar-refractivity contribution in [3.05, 3.63) is 34.9 Å². The first-order valence-electron chi connectivity index (χ1n) is 8.93. The van der Waals surface area contributed by atoms with Crippen molar-refractivity contribution in [3.8, 4) is 0 Å². The largest absolute Gasteiger partial charge is 0.357 e. The van der Waals surface area contributed by atoms with E-state index in [1.165, 1.54) is 16.8 Å². The molecular weight excluding hydrogens is 314 g/mol. The average Bonchev–Trinajstić information content (AvgIpc) is 3.06. The zero-order chi connectivity index (χ0) is 18.4. The lowest BCUT2D eigenvalue weighted by molar-refractivity contribution is 0.609. The molecule has 0 saturated heterocycles. The van der Waals surface area contributed by atoms with Gasteiger partial charge in [-0.15, -0.1) is 0 Å². The molecule has 25 heavy (non-hydrogen) atoms. The van der Waals surface area contributed by atoms with Crippen LogP contribution in [-0.2, 0) is 20.0 Å². The second-order valence-corrected chi connectivity index (χ2v) is 6.56. The third-order valence-electron chi connectivity index (χ3n) is 4.26. The number of aliphatic imine (C=N–C) groups is 1. The Balaban J connectivity index is 1.93. The molecule has 0 aliphatic rings. The number of hydrogen-bond acceptors (Lipinski definition) is 3. The fraction of sp³-hybridized carbons (Fsp3) is 0.611. The van der Waals surface area contributed by atoms with Gasteiger partial charge < -0.3 is 10.6 Å². The van der Waals surface area contributed by atoms with Crippen molar-refractivity contribution in [2.24, 2.45) is 12.0 Å². The van der Waals surface area contributed by atoms with Gasteiger partial charge in [0, 0.05) is 31.5 Å². The molecule has 7 nitrogen and oxygen atoms in total. The predicted molar refractivity (Wildman–Crippen MR) is 102 cm³/mol. The first-order chi connectivity index (χ1) is 11.9. The zero-order valence-electron chi connectivity index (χ0n) is 16.3. The Morgan fingerprint density at radius 1 is 1.32 bits per heavy atom. The molecule has 2 aromatic rings. The molecule has 0 fully saturated rings. The Hall–Kier alpha value is -2.31. The molecule has 2 aromatic heterocycles. The fourth-order valence-electron chi connectivity index (χ4n) is 2.88. The lowest BCUT2D eigenvalue weighted by Gasteiger charge is -2.18. The van der Waals surface area contributed by atoms with Gasteiger partial charge in [-0.25, -0.2) is 0 Å². The van der Waals surface area contributed by atoms with Crippen LogP contribution >= 0.6 is 0 Å². The normalized spacial score (nSPS) is 13.1. The van der Waals surface area contributed by atoms with Crippen LogP contribution in [0.15, 0.2) is 17.4 Å². The van der Waals surface area contributed by atoms with E-state index in [1.807, 2.05) is 35.7 Å². The minimum atomic E-state index is 0.270. The SMILES string of the molecule is CCNC(=NCCn1cc(C)cn1)NC(C)Cc1c(C)nn(C)c1C. The van der Waals surface area contributed by atoms with Gasteiger partial charge in [0.05, 0.1) is 25.0 Å². The van der Waals surface area contributed by atoms with Crippen LogP contribution in [-0.4, -0.2) is 44.7 Å². The van der Waals surface area contributed by atoms with Crippen LogP contribution < -0.4 is 10.6 Å². The molecule has 2 rings (SSSR count). The van der Waals surface area contributed by atoms with Gasteiger partial charge in [0.25, 0.3) is 0 Å². The summed E-state index contributed by atoms with van der Waals surface area (Å²) in [5, 5.41) is 15.6. The number of hydrogen-bond donors (Lipinski definition) is 2. The Labute approximate surface area is 150 Å². The average molecular weight is 345 g/mol. The standard InChI is InChI=1S/C18H31N7/c1-7-19-18(20-8-9-25-12-13(2)11-21-25)22-14(3)10-17-15(4)23-24(6)16(17)5/h11-12,14H,7-10H2,1-6H3,(H2,19,20,22). The predicted octanol–water partition coefficient (Wildman–Crippen LogP) is 1.73. The molecule has 0 aromatic carbocycles. The van der Waals surface area contributed by atoms with Gasteiger partial charge in [0.1, 0.15) is 0 Å². The summed E-state index contributed by atoms with van der Waals surface area (Å²) in [5.41, 5.74) is 4.81. The van der Waals surface area contributed by atoms with Crippen molar-refractivity contribution in [1.29, 1.82) is 0 Å². The van der Waals surface area contributed by atoms with Crippen LogP contribution in [0.25, 0.3) is 0 Å². The van der Waals surface area contributed by atoms with Crippen molar-refractivity contribution in [3.63, 3.8) is 0 Å². The molecule has 0 spiro atoms. The second kappa shape index (κ2) is 8.69. The molecule has 0 saturated carbocycles. The van der Waals surface area contributed by atoms with Crippen LogP contribution in [0.3, 0.4) is 0 Å². The highest BCUT2D eigenvalue weighted by Crippen LogP contribution is 2.14. The molecule has 0 radical (unpaired) electrons. The monoisotopic (exact) mass is 345 g/mol. The highest BCUT2D eigenvalue weighted by Gasteiger charge is 2.13. The quantitative estimate of drug-likeness (QED) is 0.592. The molecular formula is C18H31N7. The summed E-state index contributed by atoms with van der Waals surface area (Å²) in [6.45, 7) is 12.8. The molecule has 1 unspecified atom stereocenters. The van der Waals surface area contributed by atoms with Crippen LogP contribution in [0.4, 0.5) is 0 Å². The third-order valence-corrected chi connectivity index (χ3v) is 4.26. The molecule has 138 valence electrons. The van der Waals surface area contributed by atoms with Crippen molar-refractivity contribution >= 4 is 5.96 Å². The number of nitrogens with zero attached hydrogens (tertiary/aromatic N) is 5. The highest BCUT2D eigenvalue weighted by molar-refractivity contribution is 5.80. The number of aryl methyl sites for hydroxylation is 3. The summed E-state index contributed by atoms with van der Waals surface area (Å²) in [5.74, 6) is 0.845. The Morgan fingerprint density at radius 2 is 2.08 bits per heavy atom. The van der Waals surface area contributed by atoms with Gasteiger partial charge in [-0.1, -0.05) is 0 Å². The number of guanidine groups is 1. The summed E-state index contributed by atoms with van der Waals surface area (Å²) in [6, 6.07) is 0.270. The van der Waals surface area contributed by atoms with Crippen molar-refractivity contribution in [2.75, 3.05) is 13.1 Å². The Kier molecular flexibility index (Phi) is 6.61. The van der Waals surface area contributed by atoms with Crippen LogP contribution in [0, 0.1) is 20.8 Å². The number of aromatic nitrogens is 4. The molecule has 1 atom stereocenters. The van der Waals surface area contributed by atoms with E-state index in [0.717, 1.165) is 31.2 Å². The number of nitrogens with one attached hydrogen (secondary N) is 2. The van der Waals surface area contributed by atoms with Crippen molar-refractivity contribution < 1.29 is 0 Å². The maximum absolute atomic E-state index is 4.66. The van der Waals surface area contributed by atoms with E-state index in [1.54, 1.807) is 0 Å². The van der Waals surface area contributed by atoms with E-state index in [4.69, 9.17) is 0 Å². The summed E-state index contributed by atoms with van der Waals surface area (Å²) in [7, 11) is 1.99. The molecule has 0 aliphatic heterocycles. The summed E-state index contributed by atoms with van der Waals surface area (Å²) in [4.78, 5) is 4.66. The van der Waals surface area contributed by atoms with Gasteiger partial charge in [-0.05, 0) is 52.2 Å². The molecule has 2 N–H and O–H groups in total. The minimum Gasteiger partial charge on any atom is -0.357 e. The van der Waals surface area contributed by atoms with E-state index >= 15 is 0 Å². The van der Waals surface area contributed by atoms with Crippen molar-refractivity contribution in [2.45, 2.75) is 53.6 Å². The molecule has 0 amide bonds. The van der Waals surface area contributed by atoms with Crippen molar-refractivity contribution in [1.82, 2.24) is 30.2 Å². The Morgan fingerprint density at radius 3 is 2.64 bits per heavy atom. The molecule has 2 heterocycles. The Bertz CT molecular complexity index is 711. The lowest BCUT2D eigenvalue weighted by atomic mass is 10.1. The zero-order valence-corrected chi connectivity index (χ0v) is 16.3. The number of rotatable bonds is 7. The second-order valence-electron chi connectivity index (χ2n) is 6.56. The molecule has 0 aliphatic carbocycles. The van der Waals surface area contributed by atoms with Crippen LogP contribution in [0.2, 0.25) is 0 Å². The minimum absolute atomic E-state index is 0.270. The van der Waals surface area contributed by atoms with E-state index in [9.17, 15) is 0 Å². The topological polar surface area (TPSA) is 72.1 Å². The van der Waals surface area contributed by atoms with E-state index in [0.29, 0.717) is 6.54 Å². The van der Waals surface area contributed by atoms with E-state index < -0.39 is 0 Å². The van der Waals surface area contributed by atoms with Gasteiger partial charge in [-0.3, -0.25) is 14.4 Å². The summed E-state index contributed by atoms with van der Waals surface area (Å²) in [6.07, 6.45) is 4.83. The first kappa shape index (κ1) is 19.0. The van der Waals surface area contributed by atoms with E-state index in [-0.39, 0.29) is 6.04 Å². The highest BCUT2D eigenvalue weighted by atomic mass is 15.3.